The average molecular weight is 394 g/mol. The first-order valence-corrected chi connectivity index (χ1v) is 10.2. The van der Waals surface area contributed by atoms with Crippen molar-refractivity contribution in [3.05, 3.63) is 11.3 Å². The Morgan fingerprint density at radius 1 is 1.25 bits per heavy atom. The summed E-state index contributed by atoms with van der Waals surface area (Å²) >= 11 is 0. The number of ether oxygens (including phenoxy) is 3. The second-order valence-corrected chi connectivity index (χ2v) is 8.99. The number of esters is 1. The van der Waals surface area contributed by atoms with Crippen molar-refractivity contribution in [2.45, 2.75) is 76.8 Å². The molecule has 2 N–H and O–H groups in total. The SMILES string of the molecule is CCOC1C(C)CC[C@@]2(OCC)C13OC(=O)C[C@]2(C)[C@H]1C(=O)C(O)=C(C)C13O. The van der Waals surface area contributed by atoms with Crippen molar-refractivity contribution in [3.8, 4) is 0 Å². The molecule has 4 aliphatic rings. The van der Waals surface area contributed by atoms with Crippen LogP contribution in [0.5, 0.6) is 0 Å². The first-order chi connectivity index (χ1) is 13.1. The molecule has 0 spiro atoms. The number of carbonyl (C=O) groups is 2. The monoisotopic (exact) mass is 394 g/mol. The maximum atomic E-state index is 13.2. The van der Waals surface area contributed by atoms with E-state index in [-0.39, 0.29) is 17.9 Å². The van der Waals surface area contributed by atoms with Crippen LogP contribution in [-0.4, -0.2) is 58.1 Å². The molecule has 7 nitrogen and oxygen atoms in total. The molecule has 0 amide bonds. The highest BCUT2D eigenvalue weighted by Crippen LogP contribution is 2.75. The molecule has 0 aromatic rings. The van der Waals surface area contributed by atoms with E-state index in [1.54, 1.807) is 6.92 Å². The molecule has 2 saturated carbocycles. The lowest BCUT2D eigenvalue weighted by molar-refractivity contribution is -0.325. The van der Waals surface area contributed by atoms with Crippen LogP contribution < -0.4 is 0 Å². The summed E-state index contributed by atoms with van der Waals surface area (Å²) in [6.45, 7) is 9.77. The topological polar surface area (TPSA) is 102 Å². The van der Waals surface area contributed by atoms with Gasteiger partial charge in [-0.1, -0.05) is 13.8 Å². The molecule has 3 fully saturated rings. The molecule has 156 valence electrons. The van der Waals surface area contributed by atoms with Crippen LogP contribution >= 0.6 is 0 Å². The van der Waals surface area contributed by atoms with Gasteiger partial charge in [0.25, 0.3) is 0 Å². The third kappa shape index (κ3) is 1.74. The Labute approximate surface area is 165 Å². The quantitative estimate of drug-likeness (QED) is 0.704. The molecule has 0 aromatic heterocycles. The van der Waals surface area contributed by atoms with E-state index in [0.29, 0.717) is 19.6 Å². The zero-order valence-electron chi connectivity index (χ0n) is 17.2. The fourth-order valence-corrected chi connectivity index (χ4v) is 7.05. The van der Waals surface area contributed by atoms with E-state index in [0.717, 1.165) is 6.42 Å². The molecule has 7 heteroatoms. The van der Waals surface area contributed by atoms with E-state index in [2.05, 4.69) is 0 Å². The summed E-state index contributed by atoms with van der Waals surface area (Å²) in [5.41, 5.74) is -5.43. The normalized spacial score (nSPS) is 49.9. The third-order valence-corrected chi connectivity index (χ3v) is 7.96. The van der Waals surface area contributed by atoms with Gasteiger partial charge in [0.05, 0.1) is 12.3 Å². The number of aliphatic hydroxyl groups excluding tert-OH is 1. The van der Waals surface area contributed by atoms with Crippen LogP contribution in [0.15, 0.2) is 11.3 Å². The van der Waals surface area contributed by atoms with Crippen LogP contribution in [0, 0.1) is 17.3 Å². The van der Waals surface area contributed by atoms with Gasteiger partial charge in [-0.15, -0.1) is 0 Å². The summed E-state index contributed by atoms with van der Waals surface area (Å²) in [6, 6.07) is 0. The molecule has 0 aromatic carbocycles. The highest BCUT2D eigenvalue weighted by molar-refractivity contribution is 6.03. The van der Waals surface area contributed by atoms with Crippen molar-refractivity contribution >= 4 is 11.8 Å². The number of allylic oxidation sites excluding steroid dienone is 1. The molecule has 4 unspecified atom stereocenters. The molecule has 1 heterocycles. The highest BCUT2D eigenvalue weighted by atomic mass is 16.6. The van der Waals surface area contributed by atoms with Gasteiger partial charge >= 0.3 is 5.97 Å². The predicted molar refractivity (Wildman–Crippen MR) is 98.5 cm³/mol. The number of rotatable bonds is 4. The summed E-state index contributed by atoms with van der Waals surface area (Å²) in [5, 5.41) is 22.7. The minimum Gasteiger partial charge on any atom is -0.504 e. The standard InChI is InChI=1S/C21H30O7/c1-6-26-17-11(3)8-9-19(27-7-2)18(5)10-13(22)28-21(17,19)20(25)12(4)14(23)15(24)16(18)20/h11,16-17,23,25H,6-10H2,1-5H3/t11?,16-,17?,18-,19+,20?,21?/m1/s1. The molecule has 2 bridgehead atoms. The zero-order valence-corrected chi connectivity index (χ0v) is 17.2. The van der Waals surface area contributed by atoms with E-state index in [4.69, 9.17) is 14.2 Å². The summed E-state index contributed by atoms with van der Waals surface area (Å²) in [6.07, 6.45) is 0.576. The second-order valence-electron chi connectivity index (χ2n) is 8.99. The number of carbonyl (C=O) groups excluding carboxylic acids is 2. The Bertz CT molecular complexity index is 775. The van der Waals surface area contributed by atoms with Crippen LogP contribution in [0.25, 0.3) is 0 Å². The molecular formula is C21H30O7. The Kier molecular flexibility index (Phi) is 4.11. The van der Waals surface area contributed by atoms with Crippen molar-refractivity contribution in [2.24, 2.45) is 17.3 Å². The first-order valence-electron chi connectivity index (χ1n) is 10.2. The van der Waals surface area contributed by atoms with Gasteiger partial charge in [-0.25, -0.2) is 0 Å². The number of hydrogen-bond acceptors (Lipinski definition) is 7. The summed E-state index contributed by atoms with van der Waals surface area (Å²) in [4.78, 5) is 26.0. The molecule has 7 atom stereocenters. The smallest absolute Gasteiger partial charge is 0.307 e. The molecule has 28 heavy (non-hydrogen) atoms. The lowest BCUT2D eigenvalue weighted by Crippen LogP contribution is -2.78. The Morgan fingerprint density at radius 2 is 1.93 bits per heavy atom. The van der Waals surface area contributed by atoms with Gasteiger partial charge in [-0.05, 0) is 39.5 Å². The van der Waals surface area contributed by atoms with Crippen LogP contribution in [0.2, 0.25) is 0 Å². The number of fused-ring (bicyclic) bond motifs is 2. The minimum atomic E-state index is -1.88. The summed E-state index contributed by atoms with van der Waals surface area (Å²) in [7, 11) is 0. The van der Waals surface area contributed by atoms with E-state index in [1.807, 2.05) is 27.7 Å². The summed E-state index contributed by atoms with van der Waals surface area (Å²) in [5.74, 6) is -2.51. The van der Waals surface area contributed by atoms with Gasteiger partial charge in [0, 0.05) is 24.2 Å². The summed E-state index contributed by atoms with van der Waals surface area (Å²) < 4.78 is 18.6. The van der Waals surface area contributed by atoms with Crippen LogP contribution in [0.3, 0.4) is 0 Å². The van der Waals surface area contributed by atoms with Crippen molar-refractivity contribution < 1.29 is 34.0 Å². The van der Waals surface area contributed by atoms with Crippen molar-refractivity contribution in [1.29, 1.82) is 0 Å². The lowest BCUT2D eigenvalue weighted by Gasteiger charge is -2.62. The Morgan fingerprint density at radius 3 is 2.54 bits per heavy atom. The number of ketones is 1. The lowest BCUT2D eigenvalue weighted by atomic mass is 9.55. The predicted octanol–water partition coefficient (Wildman–Crippen LogP) is 2.06. The van der Waals surface area contributed by atoms with Gasteiger partial charge in [0.1, 0.15) is 17.3 Å². The number of Topliss-reactive ketones (excluding diaryl/α,β-unsaturated/α-hetero) is 1. The van der Waals surface area contributed by atoms with Gasteiger partial charge in [-0.3, -0.25) is 9.59 Å². The number of hydrogen-bond donors (Lipinski definition) is 2. The number of aliphatic hydroxyl groups is 2. The third-order valence-electron chi connectivity index (χ3n) is 7.96. The average Bonchev–Trinajstić information content (AvgIpc) is 2.84. The maximum Gasteiger partial charge on any atom is 0.307 e. The second kappa shape index (κ2) is 5.80. The van der Waals surface area contributed by atoms with Crippen molar-refractivity contribution in [1.82, 2.24) is 0 Å². The van der Waals surface area contributed by atoms with E-state index in [9.17, 15) is 19.8 Å². The Hall–Kier alpha value is -1.44. The first kappa shape index (κ1) is 19.9. The van der Waals surface area contributed by atoms with Crippen molar-refractivity contribution in [3.63, 3.8) is 0 Å². The van der Waals surface area contributed by atoms with Crippen LogP contribution in [0.1, 0.15) is 53.9 Å². The fraction of sp³-hybridized carbons (Fsp3) is 0.810. The zero-order chi connectivity index (χ0) is 20.7. The van der Waals surface area contributed by atoms with E-state index < -0.39 is 51.8 Å². The molecule has 1 saturated heterocycles. The molecule has 3 aliphatic carbocycles. The van der Waals surface area contributed by atoms with Crippen LogP contribution in [-0.2, 0) is 23.8 Å². The fourth-order valence-electron chi connectivity index (χ4n) is 7.05. The van der Waals surface area contributed by atoms with Gasteiger partial charge in [0.2, 0.25) is 11.4 Å². The maximum absolute atomic E-state index is 13.2. The molecule has 1 aliphatic heterocycles. The van der Waals surface area contributed by atoms with E-state index in [1.165, 1.54) is 0 Å². The van der Waals surface area contributed by atoms with Gasteiger partial charge < -0.3 is 24.4 Å². The minimum absolute atomic E-state index is 0.0305. The van der Waals surface area contributed by atoms with Gasteiger partial charge in [0.15, 0.2) is 5.76 Å². The molecular weight excluding hydrogens is 364 g/mol. The largest absolute Gasteiger partial charge is 0.504 e. The van der Waals surface area contributed by atoms with Crippen LogP contribution in [0.4, 0.5) is 0 Å². The van der Waals surface area contributed by atoms with E-state index >= 15 is 0 Å². The molecule has 4 rings (SSSR count). The highest BCUT2D eigenvalue weighted by Gasteiger charge is 2.92. The molecule has 0 radical (unpaired) electrons. The Balaban J connectivity index is 2.11. The van der Waals surface area contributed by atoms with Gasteiger partial charge in [-0.2, -0.15) is 0 Å². The van der Waals surface area contributed by atoms with Crippen molar-refractivity contribution in [2.75, 3.05) is 13.2 Å².